The minimum atomic E-state index is -0.282. The van der Waals surface area contributed by atoms with Crippen LogP contribution in [0, 0.1) is 6.92 Å². The van der Waals surface area contributed by atoms with Crippen molar-refractivity contribution in [2.75, 3.05) is 5.75 Å². The first-order valence-corrected chi connectivity index (χ1v) is 8.67. The molecule has 1 aliphatic rings. The highest BCUT2D eigenvalue weighted by Crippen LogP contribution is 2.24. The predicted molar refractivity (Wildman–Crippen MR) is 90.1 cm³/mol. The Labute approximate surface area is 131 Å². The fourth-order valence-corrected chi connectivity index (χ4v) is 3.93. The number of benzene rings is 2. The van der Waals surface area contributed by atoms with Gasteiger partial charge >= 0.3 is 0 Å². The van der Waals surface area contributed by atoms with E-state index in [2.05, 4.69) is 49.4 Å². The van der Waals surface area contributed by atoms with E-state index < -0.39 is 0 Å². The molecule has 3 rings (SSSR count). The molecule has 0 fully saturated rings. The maximum absolute atomic E-state index is 10.3. The molecule has 2 aromatic carbocycles. The van der Waals surface area contributed by atoms with Crippen LogP contribution in [0.1, 0.15) is 28.7 Å². The lowest BCUT2D eigenvalue weighted by Gasteiger charge is -2.12. The van der Waals surface area contributed by atoms with Gasteiger partial charge in [-0.1, -0.05) is 35.9 Å². The molecular formula is C19H22OS. The summed E-state index contributed by atoms with van der Waals surface area (Å²) in [6, 6.07) is 15.2. The van der Waals surface area contributed by atoms with Crippen molar-refractivity contribution in [3.8, 4) is 0 Å². The Kier molecular flexibility index (Phi) is 4.67. The molecule has 1 nitrogen and oxygen atoms in total. The number of hydrogen-bond donors (Lipinski definition) is 1. The highest BCUT2D eigenvalue weighted by Gasteiger charge is 2.13. The van der Waals surface area contributed by atoms with E-state index in [1.54, 1.807) is 11.8 Å². The molecule has 110 valence electrons. The molecule has 0 aromatic heterocycles. The fraction of sp³-hybridized carbons (Fsp3) is 0.368. The Balaban J connectivity index is 1.55. The average molecular weight is 298 g/mol. The van der Waals surface area contributed by atoms with Crippen molar-refractivity contribution in [2.24, 2.45) is 0 Å². The van der Waals surface area contributed by atoms with E-state index in [9.17, 15) is 5.11 Å². The van der Waals surface area contributed by atoms with Gasteiger partial charge in [0.15, 0.2) is 0 Å². The Morgan fingerprint density at radius 1 is 1.10 bits per heavy atom. The molecule has 0 aliphatic heterocycles. The Bertz CT molecular complexity index is 621. The van der Waals surface area contributed by atoms with Crippen molar-refractivity contribution in [1.29, 1.82) is 0 Å². The maximum Gasteiger partial charge on any atom is 0.0674 e. The molecule has 1 unspecified atom stereocenters. The fourth-order valence-electron chi connectivity index (χ4n) is 2.98. The molecule has 1 atom stereocenters. The van der Waals surface area contributed by atoms with E-state index in [0.29, 0.717) is 0 Å². The molecule has 0 radical (unpaired) electrons. The lowest BCUT2D eigenvalue weighted by atomic mass is 10.0. The van der Waals surface area contributed by atoms with E-state index in [-0.39, 0.29) is 6.10 Å². The van der Waals surface area contributed by atoms with Crippen molar-refractivity contribution in [3.63, 3.8) is 0 Å². The molecule has 0 heterocycles. The van der Waals surface area contributed by atoms with E-state index in [1.165, 1.54) is 46.4 Å². The van der Waals surface area contributed by atoms with Gasteiger partial charge in [0.1, 0.15) is 0 Å². The smallest absolute Gasteiger partial charge is 0.0674 e. The van der Waals surface area contributed by atoms with Gasteiger partial charge in [0, 0.05) is 10.6 Å². The van der Waals surface area contributed by atoms with Gasteiger partial charge in [-0.15, -0.1) is 11.8 Å². The van der Waals surface area contributed by atoms with Crippen LogP contribution in [0.4, 0.5) is 0 Å². The quantitative estimate of drug-likeness (QED) is 0.836. The van der Waals surface area contributed by atoms with Crippen LogP contribution in [0.5, 0.6) is 0 Å². The van der Waals surface area contributed by atoms with Crippen LogP contribution in [0.15, 0.2) is 47.4 Å². The number of aliphatic hydroxyl groups is 1. The number of thioether (sulfide) groups is 1. The lowest BCUT2D eigenvalue weighted by molar-refractivity contribution is 0.200. The molecular weight excluding hydrogens is 276 g/mol. The Hall–Kier alpha value is -1.25. The van der Waals surface area contributed by atoms with Crippen molar-refractivity contribution in [1.82, 2.24) is 0 Å². The van der Waals surface area contributed by atoms with Gasteiger partial charge in [-0.3, -0.25) is 0 Å². The van der Waals surface area contributed by atoms with Crippen LogP contribution in [0.2, 0.25) is 0 Å². The molecule has 2 heteroatoms. The third-order valence-corrected chi connectivity index (χ3v) is 5.20. The van der Waals surface area contributed by atoms with Gasteiger partial charge < -0.3 is 5.11 Å². The second-order valence-electron chi connectivity index (χ2n) is 5.94. The van der Waals surface area contributed by atoms with Crippen molar-refractivity contribution in [2.45, 2.75) is 43.6 Å². The molecule has 21 heavy (non-hydrogen) atoms. The van der Waals surface area contributed by atoms with Crippen molar-refractivity contribution >= 4 is 11.8 Å². The highest BCUT2D eigenvalue weighted by atomic mass is 32.2. The molecule has 1 aliphatic carbocycles. The zero-order valence-corrected chi connectivity index (χ0v) is 13.3. The summed E-state index contributed by atoms with van der Waals surface area (Å²) < 4.78 is 0. The first-order chi connectivity index (χ1) is 10.2. The van der Waals surface area contributed by atoms with Gasteiger partial charge in [0.2, 0.25) is 0 Å². The van der Waals surface area contributed by atoms with E-state index in [1.807, 2.05) is 0 Å². The molecule has 0 amide bonds. The van der Waals surface area contributed by atoms with Gasteiger partial charge in [-0.2, -0.15) is 0 Å². The zero-order chi connectivity index (χ0) is 14.7. The van der Waals surface area contributed by atoms with Crippen molar-refractivity contribution < 1.29 is 5.11 Å². The first-order valence-electron chi connectivity index (χ1n) is 7.69. The molecule has 0 saturated heterocycles. The lowest BCUT2D eigenvalue weighted by Crippen LogP contribution is -2.13. The monoisotopic (exact) mass is 298 g/mol. The Morgan fingerprint density at radius 3 is 2.81 bits per heavy atom. The summed E-state index contributed by atoms with van der Waals surface area (Å²) in [6.45, 7) is 2.10. The standard InChI is InChI=1S/C19H22OS/c1-14-4-2-7-19(10-14)21-13-18(20)12-15-8-9-16-5-3-6-17(16)11-15/h2,4,7-11,18,20H,3,5-6,12-13H2,1H3. The topological polar surface area (TPSA) is 20.2 Å². The average Bonchev–Trinajstić information content (AvgIpc) is 2.93. The molecule has 2 aromatic rings. The zero-order valence-electron chi connectivity index (χ0n) is 12.5. The Morgan fingerprint density at radius 2 is 1.95 bits per heavy atom. The third-order valence-electron chi connectivity index (χ3n) is 4.07. The molecule has 0 saturated carbocycles. The second kappa shape index (κ2) is 6.67. The second-order valence-corrected chi connectivity index (χ2v) is 7.04. The number of rotatable bonds is 5. The summed E-state index contributed by atoms with van der Waals surface area (Å²) in [4.78, 5) is 1.24. The normalized spacial score (nSPS) is 15.0. The van der Waals surface area contributed by atoms with Gasteiger partial charge in [0.25, 0.3) is 0 Å². The van der Waals surface area contributed by atoms with Crippen LogP contribution in [0.3, 0.4) is 0 Å². The first kappa shape index (κ1) is 14.7. The minimum Gasteiger partial charge on any atom is -0.392 e. The third kappa shape index (κ3) is 3.90. The maximum atomic E-state index is 10.3. The summed E-state index contributed by atoms with van der Waals surface area (Å²) in [5.41, 5.74) is 5.54. The van der Waals surface area contributed by atoms with Crippen LogP contribution in [-0.4, -0.2) is 17.0 Å². The van der Waals surface area contributed by atoms with Gasteiger partial charge in [-0.25, -0.2) is 0 Å². The van der Waals surface area contributed by atoms with Crippen molar-refractivity contribution in [3.05, 3.63) is 64.7 Å². The number of hydrogen-bond acceptors (Lipinski definition) is 2. The molecule has 0 bridgehead atoms. The SMILES string of the molecule is Cc1cccc(SCC(O)Cc2ccc3c(c2)CCC3)c1. The number of aryl methyl sites for hydroxylation is 3. The summed E-state index contributed by atoms with van der Waals surface area (Å²) in [5, 5.41) is 10.3. The summed E-state index contributed by atoms with van der Waals surface area (Å²) in [7, 11) is 0. The highest BCUT2D eigenvalue weighted by molar-refractivity contribution is 7.99. The summed E-state index contributed by atoms with van der Waals surface area (Å²) in [5.74, 6) is 0.751. The van der Waals surface area contributed by atoms with Crippen LogP contribution in [0.25, 0.3) is 0 Å². The van der Waals surface area contributed by atoms with E-state index in [0.717, 1.165) is 12.2 Å². The van der Waals surface area contributed by atoms with Crippen LogP contribution in [-0.2, 0) is 19.3 Å². The van der Waals surface area contributed by atoms with Crippen LogP contribution >= 0.6 is 11.8 Å². The minimum absolute atomic E-state index is 0.282. The van der Waals surface area contributed by atoms with Crippen LogP contribution < -0.4 is 0 Å². The summed E-state index contributed by atoms with van der Waals surface area (Å²) >= 11 is 1.74. The van der Waals surface area contributed by atoms with E-state index >= 15 is 0 Å². The van der Waals surface area contributed by atoms with Gasteiger partial charge in [-0.05, 0) is 61.4 Å². The molecule has 1 N–H and O–H groups in total. The largest absolute Gasteiger partial charge is 0.392 e. The summed E-state index contributed by atoms with van der Waals surface area (Å²) in [6.07, 6.45) is 4.19. The number of fused-ring (bicyclic) bond motifs is 1. The predicted octanol–water partition coefficient (Wildman–Crippen LogP) is 4.18. The van der Waals surface area contributed by atoms with E-state index in [4.69, 9.17) is 0 Å². The van der Waals surface area contributed by atoms with Gasteiger partial charge in [0.05, 0.1) is 6.10 Å². The molecule has 0 spiro atoms. The number of aliphatic hydroxyl groups excluding tert-OH is 1.